The van der Waals surface area contributed by atoms with Crippen LogP contribution in [0.15, 0.2) is 58.5 Å². The van der Waals surface area contributed by atoms with Crippen molar-refractivity contribution in [2.24, 2.45) is 0 Å². The van der Waals surface area contributed by atoms with E-state index in [0.717, 1.165) is 42.3 Å². The molecule has 2 aromatic carbocycles. The highest BCUT2D eigenvalue weighted by molar-refractivity contribution is 6.04. The molecule has 0 saturated carbocycles. The highest BCUT2D eigenvalue weighted by atomic mass is 16.6. The molecule has 1 saturated heterocycles. The van der Waals surface area contributed by atoms with Crippen molar-refractivity contribution in [1.29, 1.82) is 5.26 Å². The van der Waals surface area contributed by atoms with Crippen LogP contribution in [0.1, 0.15) is 52.2 Å². The molecule has 1 aromatic heterocycles. The van der Waals surface area contributed by atoms with Crippen molar-refractivity contribution >= 4 is 27.9 Å². The molecule has 0 spiro atoms. The van der Waals surface area contributed by atoms with Crippen molar-refractivity contribution in [3.05, 3.63) is 59.9 Å². The van der Waals surface area contributed by atoms with Gasteiger partial charge < -0.3 is 29.6 Å². The maximum absolute atomic E-state index is 12.8. The van der Waals surface area contributed by atoms with Gasteiger partial charge in [0.2, 0.25) is 0 Å². The van der Waals surface area contributed by atoms with E-state index < -0.39 is 24.4 Å². The molecule has 2 heterocycles. The van der Waals surface area contributed by atoms with Crippen LogP contribution in [0.3, 0.4) is 0 Å². The summed E-state index contributed by atoms with van der Waals surface area (Å²) in [7, 11) is 0. The molecule has 0 radical (unpaired) electrons. The highest BCUT2D eigenvalue weighted by Crippen LogP contribution is 2.31. The molecule has 8 heteroatoms. The predicted molar refractivity (Wildman–Crippen MR) is 152 cm³/mol. The highest BCUT2D eigenvalue weighted by Gasteiger charge is 2.28. The van der Waals surface area contributed by atoms with Crippen molar-refractivity contribution in [3.63, 3.8) is 0 Å². The van der Waals surface area contributed by atoms with Gasteiger partial charge in [0, 0.05) is 49.3 Å². The van der Waals surface area contributed by atoms with E-state index in [1.165, 1.54) is 5.69 Å². The molecule has 39 heavy (non-hydrogen) atoms. The number of nitrogens with zero attached hydrogens (tertiary/aromatic N) is 2. The van der Waals surface area contributed by atoms with Crippen molar-refractivity contribution in [1.82, 2.24) is 5.32 Å². The molecule has 8 nitrogen and oxygen atoms in total. The topological polar surface area (TPSA) is 119 Å². The van der Waals surface area contributed by atoms with Crippen LogP contribution in [0.2, 0.25) is 0 Å². The Kier molecular flexibility index (Phi) is 9.41. The third-order valence-corrected chi connectivity index (χ3v) is 7.00. The summed E-state index contributed by atoms with van der Waals surface area (Å²) in [6.45, 7) is 8.20. The molecule has 1 aliphatic rings. The number of benzene rings is 2. The zero-order valence-corrected chi connectivity index (χ0v) is 22.8. The van der Waals surface area contributed by atoms with Crippen molar-refractivity contribution in [2.75, 3.05) is 24.5 Å². The van der Waals surface area contributed by atoms with Gasteiger partial charge in [0.05, 0.1) is 12.2 Å². The SMILES string of the molecule is CCCN(CCC)c1ccc2cc(-c3ccc(/C(C)=C(\C#N)C(=O)NCC4CC(O)CC(O)O4)o3)ccc2c1. The van der Waals surface area contributed by atoms with Crippen molar-refractivity contribution < 1.29 is 24.2 Å². The van der Waals surface area contributed by atoms with E-state index >= 15 is 0 Å². The summed E-state index contributed by atoms with van der Waals surface area (Å²) in [5, 5.41) is 34.1. The zero-order chi connectivity index (χ0) is 27.9. The third kappa shape index (κ3) is 6.87. The first-order valence-electron chi connectivity index (χ1n) is 13.6. The molecular weight excluding hydrogens is 494 g/mol. The first-order chi connectivity index (χ1) is 18.8. The van der Waals surface area contributed by atoms with Gasteiger partial charge in [0.1, 0.15) is 23.2 Å². The van der Waals surface area contributed by atoms with Gasteiger partial charge in [-0.15, -0.1) is 0 Å². The molecule has 1 amide bonds. The summed E-state index contributed by atoms with van der Waals surface area (Å²) in [4.78, 5) is 15.2. The first-order valence-corrected chi connectivity index (χ1v) is 13.6. The Hall–Kier alpha value is -3.64. The minimum atomic E-state index is -1.07. The fourth-order valence-corrected chi connectivity index (χ4v) is 5.01. The van der Waals surface area contributed by atoms with Crippen LogP contribution in [0.4, 0.5) is 5.69 Å². The van der Waals surface area contributed by atoms with Crippen molar-refractivity contribution in [2.45, 2.75) is 65.0 Å². The number of carbonyl (C=O) groups is 1. The minimum absolute atomic E-state index is 0.0671. The molecule has 1 fully saturated rings. The first kappa shape index (κ1) is 28.4. The summed E-state index contributed by atoms with van der Waals surface area (Å²) in [5.74, 6) is 0.514. The van der Waals surface area contributed by atoms with Crippen molar-refractivity contribution in [3.8, 4) is 17.4 Å². The summed E-state index contributed by atoms with van der Waals surface area (Å²) in [6.07, 6.45) is 0.342. The maximum Gasteiger partial charge on any atom is 0.262 e. The third-order valence-electron chi connectivity index (χ3n) is 7.00. The lowest BCUT2D eigenvalue weighted by Gasteiger charge is -2.30. The van der Waals surface area contributed by atoms with Crippen LogP contribution in [0.25, 0.3) is 27.7 Å². The quantitative estimate of drug-likeness (QED) is 0.249. The summed E-state index contributed by atoms with van der Waals surface area (Å²) >= 11 is 0. The summed E-state index contributed by atoms with van der Waals surface area (Å²) in [5.41, 5.74) is 2.48. The van der Waals surface area contributed by atoms with Gasteiger partial charge in [-0.2, -0.15) is 5.26 Å². The molecule has 206 valence electrons. The van der Waals surface area contributed by atoms with Crippen LogP contribution < -0.4 is 10.2 Å². The average Bonchev–Trinajstić information content (AvgIpc) is 3.41. The number of amides is 1. The number of nitrogens with one attached hydrogen (secondary N) is 1. The smallest absolute Gasteiger partial charge is 0.262 e. The second-order valence-corrected chi connectivity index (χ2v) is 10.1. The Morgan fingerprint density at radius 2 is 1.77 bits per heavy atom. The number of hydrogen-bond acceptors (Lipinski definition) is 7. The number of aliphatic hydroxyl groups excluding tert-OH is 2. The monoisotopic (exact) mass is 531 g/mol. The van der Waals surface area contributed by atoms with Gasteiger partial charge >= 0.3 is 0 Å². The van der Waals surface area contributed by atoms with Gasteiger partial charge in [0.15, 0.2) is 6.29 Å². The van der Waals surface area contributed by atoms with Crippen LogP contribution in [0, 0.1) is 11.3 Å². The number of nitriles is 1. The Morgan fingerprint density at radius 1 is 1.05 bits per heavy atom. The van der Waals surface area contributed by atoms with Crippen LogP contribution in [-0.4, -0.2) is 54.3 Å². The molecule has 0 bridgehead atoms. The normalized spacial score (nSPS) is 19.8. The lowest BCUT2D eigenvalue weighted by Crippen LogP contribution is -2.42. The van der Waals surface area contributed by atoms with E-state index in [2.05, 4.69) is 54.4 Å². The zero-order valence-electron chi connectivity index (χ0n) is 22.8. The molecule has 3 unspecified atom stereocenters. The standard InChI is InChI=1S/C31H37N3O5/c1-4-12-34(13-5-2)24-9-8-21-14-23(7-6-22(21)15-24)29-11-10-28(39-29)20(3)27(18-32)31(37)33-19-26-16-25(35)17-30(36)38-26/h6-11,14-15,25-26,30,35-36H,4-5,12-13,16-17,19H2,1-3H3,(H,33,37)/b27-20+. The van der Waals surface area contributed by atoms with E-state index in [4.69, 9.17) is 9.15 Å². The van der Waals surface area contributed by atoms with E-state index in [0.29, 0.717) is 23.5 Å². The Morgan fingerprint density at radius 3 is 2.46 bits per heavy atom. The summed E-state index contributed by atoms with van der Waals surface area (Å²) in [6, 6.07) is 18.3. The average molecular weight is 532 g/mol. The molecular formula is C31H37N3O5. The number of aliphatic hydroxyl groups is 2. The van der Waals surface area contributed by atoms with Crippen LogP contribution in [0.5, 0.6) is 0 Å². The number of ether oxygens (including phenoxy) is 1. The number of fused-ring (bicyclic) bond motifs is 1. The molecule has 4 rings (SSSR count). The van der Waals surface area contributed by atoms with Crippen LogP contribution in [-0.2, 0) is 9.53 Å². The van der Waals surface area contributed by atoms with Gasteiger partial charge in [0.25, 0.3) is 5.91 Å². The van der Waals surface area contributed by atoms with Crippen LogP contribution >= 0.6 is 0 Å². The molecule has 3 aromatic rings. The second kappa shape index (κ2) is 12.9. The lowest BCUT2D eigenvalue weighted by molar-refractivity contribution is -0.187. The lowest BCUT2D eigenvalue weighted by atomic mass is 10.0. The summed E-state index contributed by atoms with van der Waals surface area (Å²) < 4.78 is 11.4. The number of hydrogen-bond donors (Lipinski definition) is 3. The number of allylic oxidation sites excluding steroid dienone is 1. The van der Waals surface area contributed by atoms with Gasteiger partial charge in [-0.25, -0.2) is 0 Å². The number of carbonyl (C=O) groups excluding carboxylic acids is 1. The van der Waals surface area contributed by atoms with E-state index in [1.54, 1.807) is 13.0 Å². The van der Waals surface area contributed by atoms with E-state index in [1.807, 2.05) is 18.2 Å². The predicted octanol–water partition coefficient (Wildman–Crippen LogP) is 5.00. The molecule has 3 atom stereocenters. The van der Waals surface area contributed by atoms with Gasteiger partial charge in [-0.3, -0.25) is 4.79 Å². The number of anilines is 1. The number of furan rings is 1. The largest absolute Gasteiger partial charge is 0.456 e. The minimum Gasteiger partial charge on any atom is -0.456 e. The second-order valence-electron chi connectivity index (χ2n) is 10.1. The molecule has 1 aliphatic heterocycles. The Bertz CT molecular complexity index is 1360. The maximum atomic E-state index is 12.8. The van der Waals surface area contributed by atoms with E-state index in [9.17, 15) is 20.3 Å². The Labute approximate surface area is 229 Å². The van der Waals surface area contributed by atoms with Gasteiger partial charge in [-0.1, -0.05) is 32.0 Å². The fourth-order valence-electron chi connectivity index (χ4n) is 5.01. The van der Waals surface area contributed by atoms with Gasteiger partial charge in [-0.05, 0) is 60.9 Å². The molecule has 3 N–H and O–H groups in total. The van der Waals surface area contributed by atoms with E-state index in [-0.39, 0.29) is 18.5 Å². The number of rotatable bonds is 10. The Balaban J connectivity index is 1.50. The fraction of sp³-hybridized carbons (Fsp3) is 0.419. The molecule has 0 aliphatic carbocycles.